The first-order chi connectivity index (χ1) is 14.3. The lowest BCUT2D eigenvalue weighted by Gasteiger charge is -2.36. The monoisotopic (exact) mass is 415 g/mol. The highest BCUT2D eigenvalue weighted by molar-refractivity contribution is 5.94. The Morgan fingerprint density at radius 1 is 1.13 bits per heavy atom. The molecule has 0 spiro atoms. The molecule has 0 saturated carbocycles. The summed E-state index contributed by atoms with van der Waals surface area (Å²) >= 11 is 0. The van der Waals surface area contributed by atoms with E-state index in [0.29, 0.717) is 37.4 Å². The molecular formula is C21H22FN3O5. The Labute approximate surface area is 173 Å². The smallest absolute Gasteiger partial charge is 0.311 e. The number of halogens is 1. The highest BCUT2D eigenvalue weighted by Crippen LogP contribution is 2.28. The van der Waals surface area contributed by atoms with Gasteiger partial charge < -0.3 is 14.5 Å². The third-order valence-corrected chi connectivity index (χ3v) is 4.99. The summed E-state index contributed by atoms with van der Waals surface area (Å²) in [6.45, 7) is 4.38. The van der Waals surface area contributed by atoms with E-state index in [9.17, 15) is 24.1 Å². The summed E-state index contributed by atoms with van der Waals surface area (Å²) in [5, 5.41) is 11.2. The van der Waals surface area contributed by atoms with Gasteiger partial charge in [-0.05, 0) is 43.7 Å². The molecule has 1 heterocycles. The highest BCUT2D eigenvalue weighted by Gasteiger charge is 2.24. The molecule has 0 radical (unpaired) electrons. The van der Waals surface area contributed by atoms with Gasteiger partial charge in [0.2, 0.25) is 0 Å². The molecule has 1 saturated heterocycles. The van der Waals surface area contributed by atoms with Gasteiger partial charge >= 0.3 is 5.69 Å². The number of carbonyl (C=O) groups excluding carboxylic acids is 2. The maximum Gasteiger partial charge on any atom is 0.311 e. The second-order valence-corrected chi connectivity index (χ2v) is 7.11. The number of amides is 1. The van der Waals surface area contributed by atoms with Crippen molar-refractivity contribution in [3.8, 4) is 5.75 Å². The first-order valence-electron chi connectivity index (χ1n) is 9.47. The first kappa shape index (κ1) is 21.2. The van der Waals surface area contributed by atoms with Gasteiger partial charge in [0.25, 0.3) is 5.91 Å². The third-order valence-electron chi connectivity index (χ3n) is 4.99. The Balaban J connectivity index is 1.57. The zero-order valence-electron chi connectivity index (χ0n) is 16.8. The molecule has 3 rings (SSSR count). The van der Waals surface area contributed by atoms with Crippen LogP contribution in [0, 0.1) is 22.9 Å². The van der Waals surface area contributed by atoms with Crippen LogP contribution in [0.5, 0.6) is 5.75 Å². The lowest BCUT2D eigenvalue weighted by molar-refractivity contribution is -0.385. The number of benzene rings is 2. The molecule has 1 aliphatic rings. The molecule has 0 aliphatic carbocycles. The van der Waals surface area contributed by atoms with Crippen LogP contribution in [0.2, 0.25) is 0 Å². The van der Waals surface area contributed by atoms with Crippen molar-refractivity contribution in [1.82, 2.24) is 4.90 Å². The molecule has 1 aliphatic heterocycles. The van der Waals surface area contributed by atoms with Crippen LogP contribution in [0.4, 0.5) is 15.8 Å². The molecule has 30 heavy (non-hydrogen) atoms. The van der Waals surface area contributed by atoms with E-state index in [1.807, 2.05) is 4.90 Å². The predicted octanol–water partition coefficient (Wildman–Crippen LogP) is 2.97. The minimum atomic E-state index is -0.544. The van der Waals surface area contributed by atoms with Gasteiger partial charge in [-0.1, -0.05) is 6.07 Å². The van der Waals surface area contributed by atoms with E-state index in [1.165, 1.54) is 25.1 Å². The molecule has 9 heteroatoms. The van der Waals surface area contributed by atoms with E-state index in [-0.39, 0.29) is 29.7 Å². The van der Waals surface area contributed by atoms with E-state index in [4.69, 9.17) is 4.74 Å². The fraction of sp³-hybridized carbons (Fsp3) is 0.333. The topological polar surface area (TPSA) is 93.0 Å². The number of ether oxygens (including phenoxy) is 1. The van der Waals surface area contributed by atoms with Gasteiger partial charge in [0.05, 0.1) is 10.6 Å². The van der Waals surface area contributed by atoms with Gasteiger partial charge in [-0.15, -0.1) is 0 Å². The maximum atomic E-state index is 14.3. The van der Waals surface area contributed by atoms with Gasteiger partial charge in [0.15, 0.2) is 18.1 Å². The summed E-state index contributed by atoms with van der Waals surface area (Å²) in [7, 11) is 0. The van der Waals surface area contributed by atoms with Crippen molar-refractivity contribution in [2.45, 2.75) is 13.8 Å². The normalized spacial score (nSPS) is 13.8. The number of piperazine rings is 1. The number of hydrogen-bond donors (Lipinski definition) is 0. The third kappa shape index (κ3) is 4.73. The first-order valence-corrected chi connectivity index (χ1v) is 9.47. The van der Waals surface area contributed by atoms with Gasteiger partial charge in [-0.25, -0.2) is 4.39 Å². The van der Waals surface area contributed by atoms with Crippen LogP contribution in [0.25, 0.3) is 0 Å². The average molecular weight is 415 g/mol. The summed E-state index contributed by atoms with van der Waals surface area (Å²) < 4.78 is 19.7. The van der Waals surface area contributed by atoms with Crippen molar-refractivity contribution in [1.29, 1.82) is 0 Å². The Bertz CT molecular complexity index is 987. The number of anilines is 1. The van der Waals surface area contributed by atoms with Crippen LogP contribution in [-0.2, 0) is 4.79 Å². The van der Waals surface area contributed by atoms with E-state index in [0.717, 1.165) is 5.56 Å². The molecule has 0 unspecified atom stereocenters. The van der Waals surface area contributed by atoms with Crippen molar-refractivity contribution in [3.63, 3.8) is 0 Å². The van der Waals surface area contributed by atoms with Crippen molar-refractivity contribution in [3.05, 3.63) is 63.5 Å². The largest absolute Gasteiger partial charge is 0.477 e. The quantitative estimate of drug-likeness (QED) is 0.409. The number of nitrogens with zero attached hydrogens (tertiary/aromatic N) is 3. The van der Waals surface area contributed by atoms with Crippen LogP contribution >= 0.6 is 0 Å². The number of carbonyl (C=O) groups is 2. The number of nitro benzene ring substituents is 1. The van der Waals surface area contributed by atoms with Crippen molar-refractivity contribution in [2.75, 3.05) is 37.7 Å². The Morgan fingerprint density at radius 2 is 1.83 bits per heavy atom. The van der Waals surface area contributed by atoms with E-state index in [1.54, 1.807) is 30.0 Å². The molecule has 8 nitrogen and oxygen atoms in total. The minimum Gasteiger partial charge on any atom is -0.477 e. The molecule has 1 fully saturated rings. The van der Waals surface area contributed by atoms with Crippen LogP contribution in [0.15, 0.2) is 36.4 Å². The SMILES string of the molecule is CC(=O)c1ccc(N2CCN(C(=O)COc3ccc(C)cc3[N+](=O)[O-])CC2)c(F)c1. The van der Waals surface area contributed by atoms with Crippen molar-refractivity contribution >= 4 is 23.1 Å². The summed E-state index contributed by atoms with van der Waals surface area (Å²) in [4.78, 5) is 37.8. The molecule has 2 aromatic carbocycles. The Hall–Kier alpha value is -3.49. The molecule has 2 aromatic rings. The van der Waals surface area contributed by atoms with Gasteiger partial charge in [0, 0.05) is 37.8 Å². The summed E-state index contributed by atoms with van der Waals surface area (Å²) in [5.74, 6) is -0.927. The minimum absolute atomic E-state index is 0.0465. The molecule has 158 valence electrons. The zero-order valence-corrected chi connectivity index (χ0v) is 16.8. The number of hydrogen-bond acceptors (Lipinski definition) is 6. The number of Topliss-reactive ketones (excluding diaryl/α,β-unsaturated/α-hetero) is 1. The number of ketones is 1. The summed E-state index contributed by atoms with van der Waals surface area (Å²) in [6.07, 6.45) is 0. The van der Waals surface area contributed by atoms with E-state index < -0.39 is 10.7 Å². The molecule has 0 N–H and O–H groups in total. The van der Waals surface area contributed by atoms with Crippen molar-refractivity contribution in [2.24, 2.45) is 0 Å². The highest BCUT2D eigenvalue weighted by atomic mass is 19.1. The molecule has 0 atom stereocenters. The molecule has 0 bridgehead atoms. The lowest BCUT2D eigenvalue weighted by Crippen LogP contribution is -2.50. The van der Waals surface area contributed by atoms with Gasteiger partial charge in [-0.2, -0.15) is 0 Å². The average Bonchev–Trinajstić information content (AvgIpc) is 2.72. The Morgan fingerprint density at radius 3 is 2.43 bits per heavy atom. The maximum absolute atomic E-state index is 14.3. The van der Waals surface area contributed by atoms with E-state index >= 15 is 0 Å². The van der Waals surface area contributed by atoms with Crippen LogP contribution in [0.1, 0.15) is 22.8 Å². The lowest BCUT2D eigenvalue weighted by atomic mass is 10.1. The van der Waals surface area contributed by atoms with E-state index in [2.05, 4.69) is 0 Å². The summed E-state index contributed by atoms with van der Waals surface area (Å²) in [5.41, 5.74) is 1.24. The molecule has 1 amide bonds. The second kappa shape index (κ2) is 8.89. The van der Waals surface area contributed by atoms with Crippen LogP contribution < -0.4 is 9.64 Å². The number of nitro groups is 1. The molecular weight excluding hydrogens is 393 g/mol. The van der Waals surface area contributed by atoms with Crippen LogP contribution in [0.3, 0.4) is 0 Å². The van der Waals surface area contributed by atoms with Crippen LogP contribution in [-0.4, -0.2) is 54.3 Å². The zero-order chi connectivity index (χ0) is 21.8. The summed E-state index contributed by atoms with van der Waals surface area (Å²) in [6, 6.07) is 8.93. The van der Waals surface area contributed by atoms with Crippen molar-refractivity contribution < 1.29 is 23.6 Å². The molecule has 0 aromatic heterocycles. The fourth-order valence-corrected chi connectivity index (χ4v) is 3.30. The number of rotatable bonds is 6. The standard InChI is InChI=1S/C21H22FN3O5/c1-14-3-6-20(19(11-14)25(28)29)30-13-21(27)24-9-7-23(8-10-24)18-5-4-16(15(2)26)12-17(18)22/h3-6,11-12H,7-10,13H2,1-2H3. The fourth-order valence-electron chi connectivity index (χ4n) is 3.30. The van der Waals surface area contributed by atoms with Gasteiger partial charge in [-0.3, -0.25) is 19.7 Å². The number of aryl methyl sites for hydroxylation is 1. The second-order valence-electron chi connectivity index (χ2n) is 7.11. The Kier molecular flexibility index (Phi) is 6.29. The predicted molar refractivity (Wildman–Crippen MR) is 109 cm³/mol. The van der Waals surface area contributed by atoms with Gasteiger partial charge in [0.1, 0.15) is 5.82 Å².